The molecule has 0 saturated heterocycles. The van der Waals surface area contributed by atoms with Gasteiger partial charge in [0.2, 0.25) is 5.91 Å². The van der Waals surface area contributed by atoms with Crippen LogP contribution < -0.4 is 10.6 Å². The Morgan fingerprint density at radius 2 is 1.88 bits per heavy atom. The normalized spacial score (nSPS) is 15.4. The number of nitrogens with zero attached hydrogens (tertiary/aromatic N) is 3. The van der Waals surface area contributed by atoms with Crippen LogP contribution >= 0.6 is 11.8 Å². The lowest BCUT2D eigenvalue weighted by Gasteiger charge is -2.10. The summed E-state index contributed by atoms with van der Waals surface area (Å²) in [6.45, 7) is 0. The van der Waals surface area contributed by atoms with Crippen LogP contribution in [0.2, 0.25) is 0 Å². The zero-order chi connectivity index (χ0) is 22.1. The molecule has 3 aromatic rings. The quantitative estimate of drug-likeness (QED) is 0.505. The summed E-state index contributed by atoms with van der Waals surface area (Å²) in [6, 6.07) is 13.9. The molecule has 2 saturated carbocycles. The maximum Gasteiger partial charge on any atom is 0.251 e. The summed E-state index contributed by atoms with van der Waals surface area (Å²) in [4.78, 5) is 24.8. The van der Waals surface area contributed by atoms with Crippen molar-refractivity contribution in [2.45, 2.75) is 42.9 Å². The summed E-state index contributed by atoms with van der Waals surface area (Å²) in [5, 5.41) is 14.8. The van der Waals surface area contributed by atoms with Crippen molar-refractivity contribution >= 4 is 29.3 Å². The van der Waals surface area contributed by atoms with Gasteiger partial charge in [0.15, 0.2) is 11.0 Å². The van der Waals surface area contributed by atoms with Crippen LogP contribution in [0.1, 0.15) is 42.1 Å². The van der Waals surface area contributed by atoms with E-state index in [0.29, 0.717) is 27.8 Å². The lowest BCUT2D eigenvalue weighted by Crippen LogP contribution is -2.25. The number of nitrogens with one attached hydrogen (secondary N) is 2. The maximum atomic E-state index is 14.3. The molecule has 2 fully saturated rings. The fourth-order valence-corrected chi connectivity index (χ4v) is 4.23. The topological polar surface area (TPSA) is 88.9 Å². The van der Waals surface area contributed by atoms with Gasteiger partial charge in [0.25, 0.3) is 5.91 Å². The van der Waals surface area contributed by atoms with Crippen LogP contribution in [-0.4, -0.2) is 38.4 Å². The van der Waals surface area contributed by atoms with Gasteiger partial charge < -0.3 is 10.6 Å². The third kappa shape index (κ3) is 4.67. The number of aromatic nitrogens is 3. The summed E-state index contributed by atoms with van der Waals surface area (Å²) < 4.78 is 16.2. The van der Waals surface area contributed by atoms with Crippen LogP contribution in [0.4, 0.5) is 10.1 Å². The lowest BCUT2D eigenvalue weighted by molar-refractivity contribution is -0.113. The minimum absolute atomic E-state index is 0.126. The van der Waals surface area contributed by atoms with E-state index in [1.807, 2.05) is 4.57 Å². The third-order valence-corrected chi connectivity index (χ3v) is 6.29. The number of hydrogen-bond donors (Lipinski definition) is 2. The van der Waals surface area contributed by atoms with Crippen LogP contribution in [0.15, 0.2) is 53.7 Å². The van der Waals surface area contributed by atoms with E-state index in [4.69, 9.17) is 0 Å². The average Bonchev–Trinajstić information content (AvgIpc) is 3.73. The van der Waals surface area contributed by atoms with Gasteiger partial charge >= 0.3 is 0 Å². The Bertz CT molecular complexity index is 1170. The Morgan fingerprint density at radius 3 is 2.62 bits per heavy atom. The second-order valence-electron chi connectivity index (χ2n) is 8.05. The van der Waals surface area contributed by atoms with E-state index < -0.39 is 0 Å². The SMILES string of the molecule is O=C(CSc1nnc(-c2ccccc2F)n1C1CC1)Nc1cccc(C(=O)NC2CC2)c1. The number of carbonyl (C=O) groups excluding carboxylic acids is 2. The summed E-state index contributed by atoms with van der Waals surface area (Å²) >= 11 is 1.27. The number of hydrogen-bond acceptors (Lipinski definition) is 5. The Morgan fingerprint density at radius 1 is 1.06 bits per heavy atom. The second kappa shape index (κ2) is 8.74. The molecule has 32 heavy (non-hydrogen) atoms. The van der Waals surface area contributed by atoms with Crippen molar-refractivity contribution in [1.29, 1.82) is 0 Å². The second-order valence-corrected chi connectivity index (χ2v) is 9.00. The van der Waals surface area contributed by atoms with E-state index in [0.717, 1.165) is 25.7 Å². The van der Waals surface area contributed by atoms with Gasteiger partial charge in [-0.25, -0.2) is 4.39 Å². The van der Waals surface area contributed by atoms with E-state index in [1.54, 1.807) is 42.5 Å². The third-order valence-electron chi connectivity index (χ3n) is 5.34. The molecule has 1 aromatic heterocycles. The average molecular weight is 452 g/mol. The molecule has 164 valence electrons. The molecule has 7 nitrogen and oxygen atoms in total. The number of thioether (sulfide) groups is 1. The molecular formula is C23H22FN5O2S. The molecule has 0 radical (unpaired) electrons. The van der Waals surface area contributed by atoms with Crippen molar-refractivity contribution in [3.8, 4) is 11.4 Å². The zero-order valence-electron chi connectivity index (χ0n) is 17.3. The van der Waals surface area contributed by atoms with E-state index in [2.05, 4.69) is 20.8 Å². The lowest BCUT2D eigenvalue weighted by atomic mass is 10.2. The molecule has 0 bridgehead atoms. The van der Waals surface area contributed by atoms with Crippen LogP contribution in [0.5, 0.6) is 0 Å². The minimum atomic E-state index is -0.346. The smallest absolute Gasteiger partial charge is 0.251 e. The molecule has 9 heteroatoms. The number of rotatable bonds is 8. The Labute approximate surface area is 188 Å². The van der Waals surface area contributed by atoms with Crippen molar-refractivity contribution in [3.05, 3.63) is 59.9 Å². The molecule has 0 aliphatic heterocycles. The Hall–Kier alpha value is -3.20. The predicted octanol–water partition coefficient (Wildman–Crippen LogP) is 4.04. The highest BCUT2D eigenvalue weighted by Crippen LogP contribution is 2.41. The van der Waals surface area contributed by atoms with E-state index in [1.165, 1.54) is 17.8 Å². The van der Waals surface area contributed by atoms with Crippen molar-refractivity contribution < 1.29 is 14.0 Å². The van der Waals surface area contributed by atoms with Crippen LogP contribution in [0.3, 0.4) is 0 Å². The van der Waals surface area contributed by atoms with Crippen LogP contribution in [-0.2, 0) is 4.79 Å². The number of anilines is 1. The van der Waals surface area contributed by atoms with Gasteiger partial charge in [-0.1, -0.05) is 30.0 Å². The first-order valence-electron chi connectivity index (χ1n) is 10.6. The monoisotopic (exact) mass is 451 g/mol. The van der Waals surface area contributed by atoms with E-state index in [-0.39, 0.29) is 35.5 Å². The van der Waals surface area contributed by atoms with Gasteiger partial charge in [0, 0.05) is 23.3 Å². The number of halogens is 1. The molecule has 0 unspecified atom stereocenters. The largest absolute Gasteiger partial charge is 0.349 e. The molecule has 0 spiro atoms. The van der Waals surface area contributed by atoms with E-state index >= 15 is 0 Å². The van der Waals surface area contributed by atoms with Gasteiger partial charge in [0.1, 0.15) is 5.82 Å². The summed E-state index contributed by atoms with van der Waals surface area (Å²) in [5.41, 5.74) is 1.49. The highest BCUT2D eigenvalue weighted by Gasteiger charge is 2.31. The molecule has 1 heterocycles. The maximum absolute atomic E-state index is 14.3. The van der Waals surface area contributed by atoms with Crippen molar-refractivity contribution in [2.75, 3.05) is 11.1 Å². The molecule has 0 atom stereocenters. The van der Waals surface area contributed by atoms with Gasteiger partial charge in [-0.05, 0) is 56.0 Å². The Balaban J connectivity index is 1.25. The molecule has 2 aliphatic rings. The van der Waals surface area contributed by atoms with Crippen molar-refractivity contribution in [3.63, 3.8) is 0 Å². The number of carbonyl (C=O) groups is 2. The summed E-state index contributed by atoms with van der Waals surface area (Å²) in [7, 11) is 0. The standard InChI is InChI=1S/C23H22FN5O2S/c24-19-7-2-1-6-18(19)21-27-28-23(29(21)17-10-11-17)32-13-20(30)25-16-5-3-4-14(12-16)22(31)26-15-8-9-15/h1-7,12,15,17H,8-11,13H2,(H,25,30)(H,26,31). The van der Waals surface area contributed by atoms with Gasteiger partial charge in [-0.15, -0.1) is 10.2 Å². The minimum Gasteiger partial charge on any atom is -0.349 e. The fraction of sp³-hybridized carbons (Fsp3) is 0.304. The van der Waals surface area contributed by atoms with Gasteiger partial charge in [0.05, 0.1) is 11.3 Å². The fourth-order valence-electron chi connectivity index (χ4n) is 3.43. The molecule has 2 N–H and O–H groups in total. The molecule has 2 aliphatic carbocycles. The first-order valence-corrected chi connectivity index (χ1v) is 11.6. The molecule has 2 amide bonds. The number of benzene rings is 2. The van der Waals surface area contributed by atoms with Crippen molar-refractivity contribution in [2.24, 2.45) is 0 Å². The van der Waals surface area contributed by atoms with Crippen molar-refractivity contribution in [1.82, 2.24) is 20.1 Å². The van der Waals surface area contributed by atoms with E-state index in [9.17, 15) is 14.0 Å². The van der Waals surface area contributed by atoms with Gasteiger partial charge in [-0.2, -0.15) is 0 Å². The summed E-state index contributed by atoms with van der Waals surface area (Å²) in [6.07, 6.45) is 4.00. The number of amides is 2. The first kappa shape index (κ1) is 20.7. The molecule has 5 rings (SSSR count). The first-order chi connectivity index (χ1) is 15.6. The predicted molar refractivity (Wildman–Crippen MR) is 120 cm³/mol. The molecule has 2 aromatic carbocycles. The highest BCUT2D eigenvalue weighted by molar-refractivity contribution is 7.99. The molecular weight excluding hydrogens is 429 g/mol. The van der Waals surface area contributed by atoms with Crippen LogP contribution in [0, 0.1) is 5.82 Å². The van der Waals surface area contributed by atoms with Crippen LogP contribution in [0.25, 0.3) is 11.4 Å². The summed E-state index contributed by atoms with van der Waals surface area (Å²) in [5.74, 6) is -0.0750. The Kier molecular flexibility index (Phi) is 5.65. The van der Waals surface area contributed by atoms with Gasteiger partial charge in [-0.3, -0.25) is 14.2 Å². The zero-order valence-corrected chi connectivity index (χ0v) is 18.1. The highest BCUT2D eigenvalue weighted by atomic mass is 32.2.